The van der Waals surface area contributed by atoms with E-state index >= 15 is 0 Å². The Kier molecular flexibility index (Phi) is 7.14. The molecule has 0 N–H and O–H groups in total. The number of amides is 2. The molecule has 2 heterocycles. The number of piperazine rings is 1. The Balaban J connectivity index is 1.45. The summed E-state index contributed by atoms with van der Waals surface area (Å²) in [7, 11) is 0. The molecule has 1 aromatic carbocycles. The standard InChI is InChI=1S/C21H31N3O4/c1-3-22(4-2)8-7-20(25)23-9-11-24(12-10-23)21(26)16-17-5-6-18-19(15-17)28-14-13-27-18/h5-6,15H,3-4,7-14,16H2,1-2H3. The Morgan fingerprint density at radius 3 is 2.18 bits per heavy atom. The predicted octanol–water partition coefficient (Wildman–Crippen LogP) is 1.40. The Hall–Kier alpha value is -2.28. The highest BCUT2D eigenvalue weighted by atomic mass is 16.6. The molecule has 0 unspecified atom stereocenters. The van der Waals surface area contributed by atoms with Gasteiger partial charge in [0.2, 0.25) is 11.8 Å². The van der Waals surface area contributed by atoms with Crippen molar-refractivity contribution in [1.82, 2.24) is 14.7 Å². The number of hydrogen-bond acceptors (Lipinski definition) is 5. The molecule has 7 heteroatoms. The molecular formula is C21H31N3O4. The number of carbonyl (C=O) groups is 2. The van der Waals surface area contributed by atoms with Gasteiger partial charge in [-0.1, -0.05) is 19.9 Å². The van der Waals surface area contributed by atoms with E-state index in [9.17, 15) is 9.59 Å². The van der Waals surface area contributed by atoms with Crippen LogP contribution in [0.3, 0.4) is 0 Å². The van der Waals surface area contributed by atoms with Gasteiger partial charge in [0.25, 0.3) is 0 Å². The number of benzene rings is 1. The molecule has 0 bridgehead atoms. The zero-order chi connectivity index (χ0) is 19.9. The van der Waals surface area contributed by atoms with E-state index in [4.69, 9.17) is 9.47 Å². The van der Waals surface area contributed by atoms with Gasteiger partial charge in [-0.2, -0.15) is 0 Å². The summed E-state index contributed by atoms with van der Waals surface area (Å²) >= 11 is 0. The van der Waals surface area contributed by atoms with E-state index in [-0.39, 0.29) is 11.8 Å². The van der Waals surface area contributed by atoms with Crippen LogP contribution in [0.1, 0.15) is 25.8 Å². The second kappa shape index (κ2) is 9.78. The zero-order valence-corrected chi connectivity index (χ0v) is 17.0. The predicted molar refractivity (Wildman–Crippen MR) is 107 cm³/mol. The summed E-state index contributed by atoms with van der Waals surface area (Å²) in [5, 5.41) is 0. The van der Waals surface area contributed by atoms with Gasteiger partial charge in [0.05, 0.1) is 6.42 Å². The molecule has 154 valence electrons. The molecule has 1 fully saturated rings. The smallest absolute Gasteiger partial charge is 0.227 e. The van der Waals surface area contributed by atoms with Gasteiger partial charge in [-0.15, -0.1) is 0 Å². The maximum atomic E-state index is 12.6. The lowest BCUT2D eigenvalue weighted by molar-refractivity contribution is -0.139. The Labute approximate surface area is 167 Å². The average molecular weight is 389 g/mol. The molecule has 28 heavy (non-hydrogen) atoms. The fourth-order valence-electron chi connectivity index (χ4n) is 3.64. The first-order valence-corrected chi connectivity index (χ1v) is 10.3. The minimum absolute atomic E-state index is 0.0897. The van der Waals surface area contributed by atoms with Gasteiger partial charge >= 0.3 is 0 Å². The largest absolute Gasteiger partial charge is 0.486 e. The first-order chi connectivity index (χ1) is 13.6. The molecule has 2 aliphatic heterocycles. The number of nitrogens with zero attached hydrogens (tertiary/aromatic N) is 3. The topological polar surface area (TPSA) is 62.3 Å². The van der Waals surface area contributed by atoms with Crippen LogP contribution in [-0.2, 0) is 16.0 Å². The second-order valence-electron chi connectivity index (χ2n) is 7.19. The van der Waals surface area contributed by atoms with Gasteiger partial charge in [0.15, 0.2) is 11.5 Å². The maximum absolute atomic E-state index is 12.6. The van der Waals surface area contributed by atoms with E-state index < -0.39 is 0 Å². The van der Waals surface area contributed by atoms with Crippen molar-refractivity contribution in [1.29, 1.82) is 0 Å². The van der Waals surface area contributed by atoms with Crippen LogP contribution in [-0.4, -0.2) is 85.5 Å². The third-order valence-electron chi connectivity index (χ3n) is 5.48. The zero-order valence-electron chi connectivity index (χ0n) is 17.0. The maximum Gasteiger partial charge on any atom is 0.227 e. The lowest BCUT2D eigenvalue weighted by Gasteiger charge is -2.35. The van der Waals surface area contributed by atoms with Crippen molar-refractivity contribution in [2.45, 2.75) is 26.7 Å². The number of hydrogen-bond donors (Lipinski definition) is 0. The van der Waals surface area contributed by atoms with Gasteiger partial charge < -0.3 is 24.2 Å². The van der Waals surface area contributed by atoms with Gasteiger partial charge in [-0.25, -0.2) is 0 Å². The van der Waals surface area contributed by atoms with Crippen molar-refractivity contribution in [3.8, 4) is 11.5 Å². The summed E-state index contributed by atoms with van der Waals surface area (Å²) in [6.07, 6.45) is 0.888. The lowest BCUT2D eigenvalue weighted by Crippen LogP contribution is -2.51. The molecule has 7 nitrogen and oxygen atoms in total. The van der Waals surface area contributed by atoms with Gasteiger partial charge in [-0.05, 0) is 30.8 Å². The highest BCUT2D eigenvalue weighted by Gasteiger charge is 2.24. The average Bonchev–Trinajstić information content (AvgIpc) is 2.74. The highest BCUT2D eigenvalue weighted by Crippen LogP contribution is 2.31. The highest BCUT2D eigenvalue weighted by molar-refractivity contribution is 5.80. The van der Waals surface area contributed by atoms with Gasteiger partial charge in [0.1, 0.15) is 13.2 Å². The van der Waals surface area contributed by atoms with Crippen LogP contribution in [0.5, 0.6) is 11.5 Å². The molecule has 0 aliphatic carbocycles. The molecule has 0 radical (unpaired) electrons. The molecule has 0 spiro atoms. The Morgan fingerprint density at radius 2 is 1.54 bits per heavy atom. The third-order valence-corrected chi connectivity index (χ3v) is 5.48. The quantitative estimate of drug-likeness (QED) is 0.706. The molecule has 1 aromatic rings. The molecule has 0 aromatic heterocycles. The number of carbonyl (C=O) groups excluding carboxylic acids is 2. The normalized spacial score (nSPS) is 16.4. The van der Waals surface area contributed by atoms with E-state index in [1.807, 2.05) is 28.0 Å². The molecule has 0 atom stereocenters. The monoisotopic (exact) mass is 389 g/mol. The summed E-state index contributed by atoms with van der Waals surface area (Å²) in [5.74, 6) is 1.72. The van der Waals surface area contributed by atoms with Gasteiger partial charge in [0, 0.05) is 39.1 Å². The van der Waals surface area contributed by atoms with Crippen molar-refractivity contribution in [3.63, 3.8) is 0 Å². The molecular weight excluding hydrogens is 358 g/mol. The molecule has 2 amide bonds. The summed E-state index contributed by atoms with van der Waals surface area (Å²) in [4.78, 5) is 31.1. The van der Waals surface area contributed by atoms with Gasteiger partial charge in [-0.3, -0.25) is 9.59 Å². The fraction of sp³-hybridized carbons (Fsp3) is 0.619. The minimum Gasteiger partial charge on any atom is -0.486 e. The van der Waals surface area contributed by atoms with E-state index in [0.717, 1.165) is 30.9 Å². The first kappa shape index (κ1) is 20.5. The second-order valence-corrected chi connectivity index (χ2v) is 7.19. The number of ether oxygens (including phenoxy) is 2. The first-order valence-electron chi connectivity index (χ1n) is 10.3. The summed E-state index contributed by atoms with van der Waals surface area (Å²) in [6.45, 7) is 10.5. The van der Waals surface area contributed by atoms with E-state index in [0.29, 0.717) is 58.0 Å². The molecule has 1 saturated heterocycles. The van der Waals surface area contributed by atoms with Crippen LogP contribution in [0.4, 0.5) is 0 Å². The van der Waals surface area contributed by atoms with E-state index in [1.54, 1.807) is 0 Å². The van der Waals surface area contributed by atoms with E-state index in [2.05, 4.69) is 18.7 Å². The minimum atomic E-state index is 0.0897. The van der Waals surface area contributed by atoms with Crippen molar-refractivity contribution >= 4 is 11.8 Å². The van der Waals surface area contributed by atoms with Crippen LogP contribution >= 0.6 is 0 Å². The fourth-order valence-corrected chi connectivity index (χ4v) is 3.64. The van der Waals surface area contributed by atoms with Crippen LogP contribution in [0.2, 0.25) is 0 Å². The molecule has 0 saturated carbocycles. The number of rotatable bonds is 7. The van der Waals surface area contributed by atoms with Crippen molar-refractivity contribution in [2.24, 2.45) is 0 Å². The number of fused-ring (bicyclic) bond motifs is 1. The van der Waals surface area contributed by atoms with Crippen LogP contribution < -0.4 is 9.47 Å². The Morgan fingerprint density at radius 1 is 0.929 bits per heavy atom. The van der Waals surface area contributed by atoms with E-state index in [1.165, 1.54) is 0 Å². The van der Waals surface area contributed by atoms with Crippen molar-refractivity contribution in [2.75, 3.05) is 59.0 Å². The SMILES string of the molecule is CCN(CC)CCC(=O)N1CCN(C(=O)Cc2ccc3c(c2)OCCO3)CC1. The Bertz CT molecular complexity index is 682. The summed E-state index contributed by atoms with van der Waals surface area (Å²) in [5.41, 5.74) is 0.923. The summed E-state index contributed by atoms with van der Waals surface area (Å²) in [6, 6.07) is 5.67. The lowest BCUT2D eigenvalue weighted by atomic mass is 10.1. The van der Waals surface area contributed by atoms with Crippen LogP contribution in [0.25, 0.3) is 0 Å². The third kappa shape index (κ3) is 5.16. The molecule has 3 rings (SSSR count). The van der Waals surface area contributed by atoms with Crippen molar-refractivity contribution in [3.05, 3.63) is 23.8 Å². The van der Waals surface area contributed by atoms with Crippen LogP contribution in [0, 0.1) is 0 Å². The van der Waals surface area contributed by atoms with Crippen LogP contribution in [0.15, 0.2) is 18.2 Å². The summed E-state index contributed by atoms with van der Waals surface area (Å²) < 4.78 is 11.1. The van der Waals surface area contributed by atoms with Crippen molar-refractivity contribution < 1.29 is 19.1 Å². The molecule has 2 aliphatic rings.